The van der Waals surface area contributed by atoms with Gasteiger partial charge >= 0.3 is 0 Å². The number of aromatic hydroxyl groups is 1. The fraction of sp³-hybridized carbons (Fsp3) is 0. The van der Waals surface area contributed by atoms with Crippen LogP contribution in [0.25, 0.3) is 22.4 Å². The van der Waals surface area contributed by atoms with Crippen molar-refractivity contribution < 1.29 is 9.52 Å². The predicted molar refractivity (Wildman–Crippen MR) is 69.0 cm³/mol. The Labute approximate surface area is 104 Å². The summed E-state index contributed by atoms with van der Waals surface area (Å²) in [6.07, 6.45) is 4.64. The lowest BCUT2D eigenvalue weighted by Gasteiger charge is -2.05. The molecule has 0 fully saturated rings. The number of pyridine rings is 1. The molecule has 0 saturated heterocycles. The summed E-state index contributed by atoms with van der Waals surface area (Å²) >= 11 is 0. The second kappa shape index (κ2) is 4.37. The van der Waals surface area contributed by atoms with Gasteiger partial charge in [-0.15, -0.1) is 0 Å². The Morgan fingerprint density at radius 2 is 1.83 bits per heavy atom. The molecule has 18 heavy (non-hydrogen) atoms. The first-order valence-corrected chi connectivity index (χ1v) is 5.61. The van der Waals surface area contributed by atoms with Crippen LogP contribution in [-0.4, -0.2) is 10.1 Å². The normalized spacial score (nSPS) is 10.4. The SMILES string of the molecule is Oc1cnc(-c2ccccc2)cc1-c1ccoc1. The van der Waals surface area contributed by atoms with Gasteiger partial charge in [-0.25, -0.2) is 0 Å². The molecule has 0 saturated carbocycles. The van der Waals surface area contributed by atoms with Gasteiger partial charge in [0.2, 0.25) is 0 Å². The standard InChI is InChI=1S/C15H11NO2/c17-15-9-16-14(11-4-2-1-3-5-11)8-13(15)12-6-7-18-10-12/h1-10,17H. The van der Waals surface area contributed by atoms with Gasteiger partial charge in [0.05, 0.1) is 24.4 Å². The van der Waals surface area contributed by atoms with E-state index in [0.717, 1.165) is 22.4 Å². The molecular formula is C15H11NO2. The average Bonchev–Trinajstić information content (AvgIpc) is 2.94. The third-order valence-electron chi connectivity index (χ3n) is 2.78. The van der Waals surface area contributed by atoms with E-state index in [1.54, 1.807) is 12.5 Å². The zero-order chi connectivity index (χ0) is 12.4. The maximum absolute atomic E-state index is 9.85. The van der Waals surface area contributed by atoms with Crippen molar-refractivity contribution in [1.82, 2.24) is 4.98 Å². The molecule has 0 radical (unpaired) electrons. The van der Waals surface area contributed by atoms with Crippen molar-refractivity contribution in [2.24, 2.45) is 0 Å². The van der Waals surface area contributed by atoms with Gasteiger partial charge in [0.1, 0.15) is 5.75 Å². The second-order valence-electron chi connectivity index (χ2n) is 3.96. The number of aromatic nitrogens is 1. The Morgan fingerprint density at radius 3 is 2.56 bits per heavy atom. The van der Waals surface area contributed by atoms with Crippen molar-refractivity contribution in [2.75, 3.05) is 0 Å². The lowest BCUT2D eigenvalue weighted by Crippen LogP contribution is -1.85. The highest BCUT2D eigenvalue weighted by atomic mass is 16.3. The van der Waals surface area contributed by atoms with Crippen molar-refractivity contribution >= 4 is 0 Å². The fourth-order valence-corrected chi connectivity index (χ4v) is 1.86. The van der Waals surface area contributed by atoms with Gasteiger partial charge in [-0.05, 0) is 12.1 Å². The van der Waals surface area contributed by atoms with Gasteiger partial charge < -0.3 is 9.52 Å². The van der Waals surface area contributed by atoms with E-state index in [2.05, 4.69) is 4.98 Å². The maximum Gasteiger partial charge on any atom is 0.141 e. The lowest BCUT2D eigenvalue weighted by molar-refractivity contribution is 0.474. The summed E-state index contributed by atoms with van der Waals surface area (Å²) in [5.74, 6) is 0.149. The maximum atomic E-state index is 9.85. The Balaban J connectivity index is 2.12. The molecule has 2 heterocycles. The van der Waals surface area contributed by atoms with Gasteiger partial charge in [0, 0.05) is 16.7 Å². The number of nitrogens with zero attached hydrogens (tertiary/aromatic N) is 1. The smallest absolute Gasteiger partial charge is 0.141 e. The Bertz CT molecular complexity index is 646. The molecule has 1 aromatic carbocycles. The van der Waals surface area contributed by atoms with Crippen LogP contribution in [0.4, 0.5) is 0 Å². The Morgan fingerprint density at radius 1 is 1.00 bits per heavy atom. The molecule has 2 aromatic heterocycles. The molecule has 0 unspecified atom stereocenters. The highest BCUT2D eigenvalue weighted by Gasteiger charge is 2.08. The lowest BCUT2D eigenvalue weighted by atomic mass is 10.1. The molecule has 0 aliphatic rings. The quantitative estimate of drug-likeness (QED) is 0.739. The summed E-state index contributed by atoms with van der Waals surface area (Å²) in [6, 6.07) is 13.5. The summed E-state index contributed by atoms with van der Waals surface area (Å²) in [4.78, 5) is 4.24. The van der Waals surface area contributed by atoms with E-state index in [-0.39, 0.29) is 5.75 Å². The molecule has 0 amide bonds. The highest BCUT2D eigenvalue weighted by Crippen LogP contribution is 2.31. The van der Waals surface area contributed by atoms with E-state index in [1.807, 2.05) is 42.5 Å². The van der Waals surface area contributed by atoms with Gasteiger partial charge in [0.15, 0.2) is 0 Å². The summed E-state index contributed by atoms with van der Waals surface area (Å²) in [5, 5.41) is 9.85. The van der Waals surface area contributed by atoms with Gasteiger partial charge in [-0.2, -0.15) is 0 Å². The molecule has 0 aliphatic carbocycles. The molecule has 3 heteroatoms. The van der Waals surface area contributed by atoms with E-state index in [9.17, 15) is 5.11 Å². The molecule has 3 nitrogen and oxygen atoms in total. The summed E-state index contributed by atoms with van der Waals surface area (Å²) < 4.78 is 5.04. The van der Waals surface area contributed by atoms with Gasteiger partial charge in [-0.3, -0.25) is 4.98 Å². The predicted octanol–water partition coefficient (Wildman–Crippen LogP) is 3.71. The van der Waals surface area contributed by atoms with Crippen molar-refractivity contribution in [3.63, 3.8) is 0 Å². The van der Waals surface area contributed by atoms with Crippen LogP contribution in [0.1, 0.15) is 0 Å². The number of hydrogen-bond donors (Lipinski definition) is 1. The topological polar surface area (TPSA) is 46.3 Å². The first-order chi connectivity index (χ1) is 8.84. The number of hydrogen-bond acceptors (Lipinski definition) is 3. The van der Waals surface area contributed by atoms with Crippen molar-refractivity contribution in [1.29, 1.82) is 0 Å². The van der Waals surface area contributed by atoms with Crippen LogP contribution in [0.5, 0.6) is 5.75 Å². The number of rotatable bonds is 2. The van der Waals surface area contributed by atoms with Crippen LogP contribution in [0.3, 0.4) is 0 Å². The molecule has 3 aromatic rings. The Hall–Kier alpha value is -2.55. The van der Waals surface area contributed by atoms with Crippen LogP contribution in [-0.2, 0) is 0 Å². The fourth-order valence-electron chi connectivity index (χ4n) is 1.86. The average molecular weight is 237 g/mol. The van der Waals surface area contributed by atoms with Crippen LogP contribution in [0.15, 0.2) is 65.6 Å². The van der Waals surface area contributed by atoms with Crippen LogP contribution in [0.2, 0.25) is 0 Å². The van der Waals surface area contributed by atoms with Crippen LogP contribution in [0, 0.1) is 0 Å². The zero-order valence-corrected chi connectivity index (χ0v) is 9.58. The highest BCUT2D eigenvalue weighted by molar-refractivity contribution is 5.74. The van der Waals surface area contributed by atoms with E-state index >= 15 is 0 Å². The molecule has 0 spiro atoms. The van der Waals surface area contributed by atoms with Crippen molar-refractivity contribution in [2.45, 2.75) is 0 Å². The van der Waals surface area contributed by atoms with Crippen molar-refractivity contribution in [3.05, 3.63) is 61.2 Å². The second-order valence-corrected chi connectivity index (χ2v) is 3.96. The molecule has 0 atom stereocenters. The number of benzene rings is 1. The first-order valence-electron chi connectivity index (χ1n) is 5.61. The van der Waals surface area contributed by atoms with E-state index < -0.39 is 0 Å². The molecule has 0 aliphatic heterocycles. The summed E-state index contributed by atoms with van der Waals surface area (Å²) in [7, 11) is 0. The monoisotopic (exact) mass is 237 g/mol. The largest absolute Gasteiger partial charge is 0.506 e. The van der Waals surface area contributed by atoms with E-state index in [4.69, 9.17) is 4.42 Å². The molecule has 0 bridgehead atoms. The molecule has 1 N–H and O–H groups in total. The minimum atomic E-state index is 0.149. The third kappa shape index (κ3) is 1.86. The van der Waals surface area contributed by atoms with E-state index in [0.29, 0.717) is 0 Å². The molecule has 88 valence electrons. The summed E-state index contributed by atoms with van der Waals surface area (Å²) in [5.41, 5.74) is 3.40. The minimum Gasteiger partial charge on any atom is -0.506 e. The Kier molecular flexibility index (Phi) is 2.57. The van der Waals surface area contributed by atoms with Crippen LogP contribution >= 0.6 is 0 Å². The van der Waals surface area contributed by atoms with Crippen LogP contribution < -0.4 is 0 Å². The summed E-state index contributed by atoms with van der Waals surface area (Å²) in [6.45, 7) is 0. The van der Waals surface area contributed by atoms with Crippen molar-refractivity contribution in [3.8, 4) is 28.1 Å². The minimum absolute atomic E-state index is 0.149. The van der Waals surface area contributed by atoms with Gasteiger partial charge in [-0.1, -0.05) is 30.3 Å². The molecule has 3 rings (SSSR count). The van der Waals surface area contributed by atoms with E-state index in [1.165, 1.54) is 6.20 Å². The number of furan rings is 1. The zero-order valence-electron chi connectivity index (χ0n) is 9.58. The van der Waals surface area contributed by atoms with Gasteiger partial charge in [0.25, 0.3) is 0 Å². The third-order valence-corrected chi connectivity index (χ3v) is 2.78. The first kappa shape index (κ1) is 10.6. The molecular weight excluding hydrogens is 226 g/mol.